The summed E-state index contributed by atoms with van der Waals surface area (Å²) in [5, 5.41) is 31.4. The van der Waals surface area contributed by atoms with Gasteiger partial charge in [0.1, 0.15) is 48.5 Å². The van der Waals surface area contributed by atoms with Gasteiger partial charge in [0.15, 0.2) is 35.1 Å². The highest BCUT2D eigenvalue weighted by atomic mass is 31.2. The predicted molar refractivity (Wildman–Crippen MR) is 147 cm³/mol. The van der Waals surface area contributed by atoms with E-state index < -0.39 is 83.5 Å². The fourth-order valence-corrected chi connectivity index (χ4v) is 6.63. The van der Waals surface area contributed by atoms with Crippen LogP contribution < -0.4 is 17.0 Å². The van der Waals surface area contributed by atoms with Crippen molar-refractivity contribution in [3.63, 3.8) is 0 Å². The minimum atomic E-state index is -5.27. The average molecular weight is 692 g/mol. The highest BCUT2D eigenvalue weighted by Gasteiger charge is 2.52. The normalized spacial score (nSPS) is 30.0. The summed E-state index contributed by atoms with van der Waals surface area (Å²) in [6, 6.07) is 0. The molecular weight excluding hydrogens is 666 g/mol. The quantitative estimate of drug-likeness (QED) is 0.0731. The van der Waals surface area contributed by atoms with Crippen molar-refractivity contribution in [1.82, 2.24) is 39.0 Å². The van der Waals surface area contributed by atoms with Crippen LogP contribution in [0.5, 0.6) is 0 Å². The first-order chi connectivity index (χ1) is 21.7. The zero-order chi connectivity index (χ0) is 33.1. The van der Waals surface area contributed by atoms with Crippen LogP contribution in [0.25, 0.3) is 22.3 Å². The first-order valence-electron chi connectivity index (χ1n) is 13.0. The van der Waals surface area contributed by atoms with Crippen LogP contribution in [-0.2, 0) is 32.2 Å². The van der Waals surface area contributed by atoms with Gasteiger partial charge in [-0.15, -0.1) is 0 Å². The summed E-state index contributed by atoms with van der Waals surface area (Å²) in [6.07, 6.45) is -9.71. The number of aromatic amines is 1. The van der Waals surface area contributed by atoms with Crippen LogP contribution in [0.15, 0.2) is 23.8 Å². The summed E-state index contributed by atoms with van der Waals surface area (Å²) in [4.78, 5) is 63.8. The van der Waals surface area contributed by atoms with E-state index in [0.717, 1.165) is 23.5 Å². The molecule has 9 atom stereocenters. The molecule has 250 valence electrons. The SMILES string of the molecule is Nc1nc2c(ncn2[C@@H]2O[C@H](CO)C(O)C2OP(=O)(O)OC[C@H]2O[C@@H](n3cnc4c(N)ncnc43)C(O)C2OP(=O)(O)O)c(=O)[nH]1. The molecule has 6 rings (SSSR count). The predicted octanol–water partition coefficient (Wildman–Crippen LogP) is -3.39. The monoisotopic (exact) mass is 692 g/mol. The van der Waals surface area contributed by atoms with Gasteiger partial charge >= 0.3 is 15.6 Å². The molecule has 0 saturated carbocycles. The van der Waals surface area contributed by atoms with Gasteiger partial charge in [-0.2, -0.15) is 4.98 Å². The van der Waals surface area contributed by atoms with E-state index in [1.165, 1.54) is 4.57 Å². The number of nitrogen functional groups attached to an aromatic ring is 2. The van der Waals surface area contributed by atoms with Crippen molar-refractivity contribution < 1.29 is 62.2 Å². The molecule has 5 unspecified atom stereocenters. The molecule has 4 aromatic heterocycles. The number of nitrogens with one attached hydrogen (secondary N) is 1. The Morgan fingerprint density at radius 1 is 0.891 bits per heavy atom. The minimum absolute atomic E-state index is 0.00735. The molecule has 0 spiro atoms. The Labute approximate surface area is 254 Å². The first-order valence-corrected chi connectivity index (χ1v) is 16.0. The molecule has 6 heterocycles. The van der Waals surface area contributed by atoms with E-state index in [1.54, 1.807) is 0 Å². The number of fused-ring (bicyclic) bond motifs is 2. The zero-order valence-corrected chi connectivity index (χ0v) is 24.7. The van der Waals surface area contributed by atoms with Crippen LogP contribution >= 0.6 is 15.6 Å². The van der Waals surface area contributed by atoms with Gasteiger partial charge < -0.3 is 50.9 Å². The standard InChI is InChI=1S/C20H26N10O14P2/c21-14-8-15(24-3-23-14)29(4-25-8)18-11(33)12(43-45(35,36)37)7(42-18)2-40-46(38,39)44-13-10(32)6(1-31)41-19(13)30-5-26-9-16(30)27-20(22)28-17(9)34/h3-7,10-13,18-19,31-33H,1-2H2,(H,38,39)(H2,21,23,24)(H2,35,36,37)(H3,22,27,28,34)/t6-,7-,10?,11?,12?,13?,18-,19-/m1/s1. The summed E-state index contributed by atoms with van der Waals surface area (Å²) in [5.74, 6) is -0.305. The van der Waals surface area contributed by atoms with Gasteiger partial charge in [0.25, 0.3) is 5.56 Å². The molecule has 24 nitrogen and oxygen atoms in total. The Hall–Kier alpha value is -3.48. The van der Waals surface area contributed by atoms with Crippen LogP contribution in [0.3, 0.4) is 0 Å². The zero-order valence-electron chi connectivity index (χ0n) is 22.9. The van der Waals surface area contributed by atoms with Gasteiger partial charge in [0, 0.05) is 0 Å². The van der Waals surface area contributed by atoms with Crippen molar-refractivity contribution >= 4 is 49.7 Å². The number of phosphoric acid groups is 2. The Bertz CT molecular complexity index is 1910. The maximum absolute atomic E-state index is 13.2. The lowest BCUT2D eigenvalue weighted by Crippen LogP contribution is -2.37. The largest absolute Gasteiger partial charge is 0.472 e. The summed E-state index contributed by atoms with van der Waals surface area (Å²) in [7, 11) is -10.5. The van der Waals surface area contributed by atoms with Crippen LogP contribution in [0.4, 0.5) is 11.8 Å². The highest BCUT2D eigenvalue weighted by molar-refractivity contribution is 7.47. The number of nitrogens with two attached hydrogens (primary N) is 2. The maximum atomic E-state index is 13.2. The highest BCUT2D eigenvalue weighted by Crippen LogP contribution is 2.51. The van der Waals surface area contributed by atoms with E-state index in [0.29, 0.717) is 0 Å². The molecule has 46 heavy (non-hydrogen) atoms. The molecule has 0 aliphatic carbocycles. The number of anilines is 2. The molecule has 0 radical (unpaired) electrons. The fraction of sp³-hybridized carbons (Fsp3) is 0.500. The number of aliphatic hydroxyl groups is 3. The molecule has 11 N–H and O–H groups in total. The number of hydrogen-bond acceptors (Lipinski definition) is 18. The number of hydrogen-bond donors (Lipinski definition) is 9. The lowest BCUT2D eigenvalue weighted by molar-refractivity contribution is -0.0613. The number of H-pyrrole nitrogens is 1. The molecular formula is C20H26N10O14P2. The van der Waals surface area contributed by atoms with Crippen LogP contribution in [0, 0.1) is 0 Å². The Morgan fingerprint density at radius 3 is 2.26 bits per heavy atom. The van der Waals surface area contributed by atoms with Gasteiger partial charge in [-0.3, -0.25) is 32.5 Å². The number of rotatable bonds is 10. The summed E-state index contributed by atoms with van der Waals surface area (Å²) in [6.45, 7) is -1.72. The average Bonchev–Trinajstić information content (AvgIpc) is 3.73. The first kappa shape index (κ1) is 32.5. The van der Waals surface area contributed by atoms with Crippen molar-refractivity contribution in [2.24, 2.45) is 0 Å². The second-order valence-corrected chi connectivity index (χ2v) is 12.6. The van der Waals surface area contributed by atoms with E-state index in [2.05, 4.69) is 29.9 Å². The molecule has 2 fully saturated rings. The number of ether oxygens (including phenoxy) is 2. The van der Waals surface area contributed by atoms with Crippen molar-refractivity contribution in [2.45, 2.75) is 49.1 Å². The molecule has 2 saturated heterocycles. The smallest absolute Gasteiger partial charge is 0.394 e. The summed E-state index contributed by atoms with van der Waals surface area (Å²) in [5.41, 5.74) is 10.6. The molecule has 0 amide bonds. The Morgan fingerprint density at radius 2 is 1.57 bits per heavy atom. The van der Waals surface area contributed by atoms with E-state index in [1.807, 2.05) is 0 Å². The van der Waals surface area contributed by atoms with E-state index in [-0.39, 0.29) is 34.1 Å². The molecule has 2 aliphatic heterocycles. The summed E-state index contributed by atoms with van der Waals surface area (Å²) < 4.78 is 53.5. The van der Waals surface area contributed by atoms with Gasteiger partial charge in [0.2, 0.25) is 5.95 Å². The third kappa shape index (κ3) is 6.02. The van der Waals surface area contributed by atoms with Crippen molar-refractivity contribution in [3.8, 4) is 0 Å². The molecule has 4 aromatic rings. The van der Waals surface area contributed by atoms with Crippen molar-refractivity contribution in [1.29, 1.82) is 0 Å². The Balaban J connectivity index is 1.24. The van der Waals surface area contributed by atoms with Crippen LogP contribution in [0.2, 0.25) is 0 Å². The number of aliphatic hydroxyl groups excluding tert-OH is 3. The van der Waals surface area contributed by atoms with Gasteiger partial charge in [0.05, 0.1) is 25.9 Å². The van der Waals surface area contributed by atoms with Crippen molar-refractivity contribution in [3.05, 3.63) is 29.3 Å². The van der Waals surface area contributed by atoms with E-state index in [4.69, 9.17) is 34.5 Å². The molecule has 2 aliphatic rings. The van der Waals surface area contributed by atoms with Crippen molar-refractivity contribution in [2.75, 3.05) is 24.7 Å². The minimum Gasteiger partial charge on any atom is -0.394 e. The second-order valence-electron chi connectivity index (χ2n) is 10.0. The van der Waals surface area contributed by atoms with E-state index in [9.17, 15) is 43.9 Å². The number of imidazole rings is 2. The van der Waals surface area contributed by atoms with Crippen LogP contribution in [-0.4, -0.2) is 119 Å². The lowest BCUT2D eigenvalue weighted by atomic mass is 10.1. The maximum Gasteiger partial charge on any atom is 0.472 e. The molecule has 0 bridgehead atoms. The van der Waals surface area contributed by atoms with E-state index >= 15 is 0 Å². The second kappa shape index (κ2) is 12.0. The third-order valence-corrected chi connectivity index (χ3v) is 8.61. The van der Waals surface area contributed by atoms with Gasteiger partial charge in [-0.1, -0.05) is 0 Å². The van der Waals surface area contributed by atoms with Crippen LogP contribution in [0.1, 0.15) is 12.5 Å². The topological polar surface area (TPSA) is 361 Å². The summed E-state index contributed by atoms with van der Waals surface area (Å²) >= 11 is 0. The molecule has 0 aromatic carbocycles. The molecule has 26 heteroatoms. The Kier molecular flexibility index (Phi) is 8.43. The van der Waals surface area contributed by atoms with Gasteiger partial charge in [-0.05, 0) is 0 Å². The number of aromatic nitrogens is 8. The van der Waals surface area contributed by atoms with Gasteiger partial charge in [-0.25, -0.2) is 29.1 Å². The lowest BCUT2D eigenvalue weighted by Gasteiger charge is -2.25. The number of phosphoric ester groups is 2. The third-order valence-electron chi connectivity index (χ3n) is 7.10. The number of nitrogens with zero attached hydrogens (tertiary/aromatic N) is 7. The fourth-order valence-electron chi connectivity index (χ4n) is 5.12.